The molecule has 0 aliphatic heterocycles. The van der Waals surface area contributed by atoms with Crippen LogP contribution in [0.3, 0.4) is 0 Å². The van der Waals surface area contributed by atoms with E-state index in [1.165, 1.54) is 19.3 Å². The Morgan fingerprint density at radius 2 is 2.00 bits per heavy atom. The van der Waals surface area contributed by atoms with E-state index in [1.807, 2.05) is 0 Å². The Kier molecular flexibility index (Phi) is 7.86. The Bertz CT molecular complexity index is 219. The third-order valence-corrected chi connectivity index (χ3v) is 3.07. The molecular weight excluding hydrogens is 204 g/mol. The molecule has 1 fully saturated rings. The van der Waals surface area contributed by atoms with E-state index >= 15 is 0 Å². The Morgan fingerprint density at radius 3 is 2.38 bits per heavy atom. The molecule has 1 N–H and O–H groups in total. The maximum Gasteiger partial charge on any atom is 0.300 e. The lowest BCUT2D eigenvalue weighted by Gasteiger charge is -2.12. The highest BCUT2D eigenvalue weighted by molar-refractivity contribution is 5.83. The molecule has 1 aliphatic rings. The van der Waals surface area contributed by atoms with Crippen LogP contribution in [0.5, 0.6) is 0 Å². The quantitative estimate of drug-likeness (QED) is 0.751. The number of ketones is 1. The predicted molar refractivity (Wildman–Crippen MR) is 64.3 cm³/mol. The van der Waals surface area contributed by atoms with Crippen molar-refractivity contribution in [3.8, 4) is 0 Å². The van der Waals surface area contributed by atoms with Gasteiger partial charge in [0.1, 0.15) is 5.78 Å². The van der Waals surface area contributed by atoms with Gasteiger partial charge in [-0.15, -0.1) is 0 Å². The number of hydrogen-bond donors (Lipinski definition) is 1. The van der Waals surface area contributed by atoms with Crippen LogP contribution >= 0.6 is 0 Å². The van der Waals surface area contributed by atoms with E-state index < -0.39 is 5.97 Å². The van der Waals surface area contributed by atoms with E-state index in [0.29, 0.717) is 17.6 Å². The summed E-state index contributed by atoms with van der Waals surface area (Å²) in [4.78, 5) is 20.4. The van der Waals surface area contributed by atoms with E-state index in [-0.39, 0.29) is 0 Å². The Morgan fingerprint density at radius 1 is 1.44 bits per heavy atom. The molecule has 0 spiro atoms. The van der Waals surface area contributed by atoms with Gasteiger partial charge in [-0.25, -0.2) is 0 Å². The van der Waals surface area contributed by atoms with Gasteiger partial charge in [0.25, 0.3) is 5.97 Å². The summed E-state index contributed by atoms with van der Waals surface area (Å²) in [6.45, 7) is 5.52. The van der Waals surface area contributed by atoms with Gasteiger partial charge in [-0.3, -0.25) is 9.59 Å². The fourth-order valence-corrected chi connectivity index (χ4v) is 2.13. The lowest BCUT2D eigenvalue weighted by Crippen LogP contribution is -2.12. The van der Waals surface area contributed by atoms with Crippen LogP contribution in [0.15, 0.2) is 0 Å². The number of hydrogen-bond acceptors (Lipinski definition) is 2. The van der Waals surface area contributed by atoms with Crippen LogP contribution in [0.25, 0.3) is 0 Å². The molecule has 1 rings (SSSR count). The normalized spacial score (nSPS) is 23.8. The first kappa shape index (κ1) is 15.1. The van der Waals surface area contributed by atoms with Crippen molar-refractivity contribution < 1.29 is 14.7 Å². The summed E-state index contributed by atoms with van der Waals surface area (Å²) >= 11 is 0. The molecule has 0 aromatic carbocycles. The topological polar surface area (TPSA) is 54.4 Å². The Hall–Kier alpha value is -0.860. The number of carbonyl (C=O) groups is 2. The molecule has 0 bridgehead atoms. The SMILES string of the molecule is CC(=O)O.CCCCCC1C(=O)CC[C@H]1C. The molecule has 1 saturated carbocycles. The van der Waals surface area contributed by atoms with E-state index in [0.717, 1.165) is 26.2 Å². The molecule has 3 nitrogen and oxygen atoms in total. The number of Topliss-reactive ketones (excluding diaryl/α,β-unsaturated/α-hetero) is 1. The van der Waals surface area contributed by atoms with Gasteiger partial charge in [-0.2, -0.15) is 0 Å². The number of rotatable bonds is 4. The Balaban J connectivity index is 0.000000487. The van der Waals surface area contributed by atoms with Gasteiger partial charge in [0, 0.05) is 19.3 Å². The second-order valence-corrected chi connectivity index (χ2v) is 4.60. The van der Waals surface area contributed by atoms with Crippen molar-refractivity contribution in [1.82, 2.24) is 0 Å². The van der Waals surface area contributed by atoms with E-state index in [9.17, 15) is 4.79 Å². The average molecular weight is 228 g/mol. The zero-order chi connectivity index (χ0) is 12.6. The number of aliphatic carboxylic acids is 1. The number of carbonyl (C=O) groups excluding carboxylic acids is 1. The molecule has 2 atom stereocenters. The molecular formula is C13H24O3. The molecule has 0 aromatic heterocycles. The van der Waals surface area contributed by atoms with Gasteiger partial charge in [0.15, 0.2) is 0 Å². The summed E-state index contributed by atoms with van der Waals surface area (Å²) in [5, 5.41) is 7.42. The monoisotopic (exact) mass is 228 g/mol. The Labute approximate surface area is 98.2 Å². The summed E-state index contributed by atoms with van der Waals surface area (Å²) < 4.78 is 0. The molecule has 1 aliphatic carbocycles. The van der Waals surface area contributed by atoms with Crippen molar-refractivity contribution in [3.05, 3.63) is 0 Å². The fourth-order valence-electron chi connectivity index (χ4n) is 2.13. The first-order valence-corrected chi connectivity index (χ1v) is 6.21. The fraction of sp³-hybridized carbons (Fsp3) is 0.846. The van der Waals surface area contributed by atoms with Gasteiger partial charge >= 0.3 is 0 Å². The molecule has 1 unspecified atom stereocenters. The number of carboxylic acids is 1. The zero-order valence-electron chi connectivity index (χ0n) is 10.7. The van der Waals surface area contributed by atoms with Crippen molar-refractivity contribution in [2.45, 2.75) is 59.3 Å². The zero-order valence-corrected chi connectivity index (χ0v) is 10.7. The van der Waals surface area contributed by atoms with Crippen molar-refractivity contribution in [3.63, 3.8) is 0 Å². The van der Waals surface area contributed by atoms with Crippen LogP contribution in [0, 0.1) is 11.8 Å². The third kappa shape index (κ3) is 6.59. The smallest absolute Gasteiger partial charge is 0.300 e. The van der Waals surface area contributed by atoms with Crippen molar-refractivity contribution in [1.29, 1.82) is 0 Å². The predicted octanol–water partition coefficient (Wildman–Crippen LogP) is 3.27. The standard InChI is InChI=1S/C11H20O.C2H4O2/c1-3-4-5-6-10-9(2)7-8-11(10)12;1-2(3)4/h9-10H,3-8H2,1-2H3;1H3,(H,3,4)/t9-,10?;/m1./s1. The minimum Gasteiger partial charge on any atom is -0.481 e. The molecule has 0 heterocycles. The van der Waals surface area contributed by atoms with Gasteiger partial charge in [0.2, 0.25) is 0 Å². The van der Waals surface area contributed by atoms with Crippen LogP contribution in [-0.2, 0) is 9.59 Å². The molecule has 0 radical (unpaired) electrons. The van der Waals surface area contributed by atoms with Crippen LogP contribution < -0.4 is 0 Å². The van der Waals surface area contributed by atoms with Crippen molar-refractivity contribution in [2.24, 2.45) is 11.8 Å². The summed E-state index contributed by atoms with van der Waals surface area (Å²) in [5.41, 5.74) is 0. The van der Waals surface area contributed by atoms with Gasteiger partial charge in [0.05, 0.1) is 0 Å². The minimum absolute atomic E-state index is 0.413. The van der Waals surface area contributed by atoms with E-state index in [4.69, 9.17) is 9.90 Å². The lowest BCUT2D eigenvalue weighted by molar-refractivity contribution is -0.134. The molecule has 94 valence electrons. The maximum absolute atomic E-state index is 11.4. The summed E-state index contributed by atoms with van der Waals surface area (Å²) in [5.74, 6) is 0.768. The van der Waals surface area contributed by atoms with E-state index in [1.54, 1.807) is 0 Å². The maximum atomic E-state index is 11.4. The second-order valence-electron chi connectivity index (χ2n) is 4.60. The largest absolute Gasteiger partial charge is 0.481 e. The summed E-state index contributed by atoms with van der Waals surface area (Å²) in [7, 11) is 0. The van der Waals surface area contributed by atoms with Gasteiger partial charge in [-0.05, 0) is 18.8 Å². The molecule has 3 heteroatoms. The molecule has 16 heavy (non-hydrogen) atoms. The van der Waals surface area contributed by atoms with Crippen molar-refractivity contribution >= 4 is 11.8 Å². The van der Waals surface area contributed by atoms with Crippen LogP contribution in [0.2, 0.25) is 0 Å². The lowest BCUT2D eigenvalue weighted by atomic mass is 9.92. The van der Waals surface area contributed by atoms with Crippen molar-refractivity contribution in [2.75, 3.05) is 0 Å². The molecule has 0 aromatic rings. The van der Waals surface area contributed by atoms with Gasteiger partial charge in [-0.1, -0.05) is 33.1 Å². The highest BCUT2D eigenvalue weighted by atomic mass is 16.4. The average Bonchev–Trinajstić information content (AvgIpc) is 2.48. The van der Waals surface area contributed by atoms with Gasteiger partial charge < -0.3 is 5.11 Å². The summed E-state index contributed by atoms with van der Waals surface area (Å²) in [6.07, 6.45) is 6.92. The van der Waals surface area contributed by atoms with Crippen LogP contribution in [0.4, 0.5) is 0 Å². The second kappa shape index (κ2) is 8.31. The number of unbranched alkanes of at least 4 members (excludes halogenated alkanes) is 2. The van der Waals surface area contributed by atoms with Crippen LogP contribution in [-0.4, -0.2) is 16.9 Å². The number of carboxylic acid groups (broad SMARTS) is 1. The highest BCUT2D eigenvalue weighted by Crippen LogP contribution is 2.31. The van der Waals surface area contributed by atoms with Crippen LogP contribution in [0.1, 0.15) is 59.3 Å². The summed E-state index contributed by atoms with van der Waals surface area (Å²) in [6, 6.07) is 0. The van der Waals surface area contributed by atoms with E-state index in [2.05, 4.69) is 13.8 Å². The third-order valence-electron chi connectivity index (χ3n) is 3.07. The minimum atomic E-state index is -0.833. The molecule has 0 saturated heterocycles. The first-order chi connectivity index (χ1) is 7.49. The first-order valence-electron chi connectivity index (χ1n) is 6.21. The molecule has 0 amide bonds. The highest BCUT2D eigenvalue weighted by Gasteiger charge is 2.30.